The van der Waals surface area contributed by atoms with Gasteiger partial charge in [0.05, 0.1) is 25.1 Å². The van der Waals surface area contributed by atoms with Gasteiger partial charge >= 0.3 is 5.69 Å². The summed E-state index contributed by atoms with van der Waals surface area (Å²) in [5, 5.41) is 14.6. The number of aryl methyl sites for hydroxylation is 1. The van der Waals surface area contributed by atoms with Gasteiger partial charge in [0, 0.05) is 23.3 Å². The van der Waals surface area contributed by atoms with Crippen LogP contribution >= 0.6 is 0 Å². The van der Waals surface area contributed by atoms with Crippen molar-refractivity contribution in [3.05, 3.63) is 46.3 Å². The zero-order valence-electron chi connectivity index (χ0n) is 21.3. The third-order valence-electron chi connectivity index (χ3n) is 7.80. The molecule has 12 heteroatoms. The van der Waals surface area contributed by atoms with E-state index in [2.05, 4.69) is 49.8 Å². The highest BCUT2D eigenvalue weighted by atomic mass is 19.1. The molecule has 11 nitrogen and oxygen atoms in total. The molecular formula is C25H32FN9O2. The molecule has 5 heterocycles. The van der Waals surface area contributed by atoms with E-state index in [0.717, 1.165) is 24.9 Å². The molecule has 2 N–H and O–H groups in total. The summed E-state index contributed by atoms with van der Waals surface area (Å²) in [4.78, 5) is 24.0. The summed E-state index contributed by atoms with van der Waals surface area (Å²) in [6.45, 7) is 8.47. The van der Waals surface area contributed by atoms with Crippen molar-refractivity contribution >= 4 is 17.5 Å². The van der Waals surface area contributed by atoms with E-state index >= 15 is 0 Å². The molecule has 3 aliphatic heterocycles. The molecule has 0 spiro atoms. The number of anilines is 3. The average molecular weight is 510 g/mol. The zero-order chi connectivity index (χ0) is 25.7. The fourth-order valence-electron chi connectivity index (χ4n) is 5.89. The van der Waals surface area contributed by atoms with E-state index in [1.807, 2.05) is 19.1 Å². The molecule has 196 valence electrons. The lowest BCUT2D eigenvalue weighted by Gasteiger charge is -2.47. The number of ether oxygens (including phenoxy) is 1. The Balaban J connectivity index is 1.21. The number of tetrazole rings is 1. The van der Waals surface area contributed by atoms with Crippen LogP contribution < -0.4 is 16.3 Å². The molecule has 1 aromatic carbocycles. The van der Waals surface area contributed by atoms with Gasteiger partial charge in [-0.05, 0) is 81.1 Å². The number of aromatic nitrogens is 6. The maximum Gasteiger partial charge on any atom is 0.368 e. The van der Waals surface area contributed by atoms with Crippen molar-refractivity contribution in [2.45, 2.75) is 70.1 Å². The average Bonchev–Trinajstić information content (AvgIpc) is 3.44. The lowest BCUT2D eigenvalue weighted by Crippen LogP contribution is -2.55. The van der Waals surface area contributed by atoms with Crippen molar-refractivity contribution in [2.75, 3.05) is 30.4 Å². The molecule has 3 saturated heterocycles. The summed E-state index contributed by atoms with van der Waals surface area (Å²) >= 11 is 0. The number of nitrogens with one attached hydrogen (secondary N) is 2. The second-order valence-electron chi connectivity index (χ2n) is 10.9. The van der Waals surface area contributed by atoms with Gasteiger partial charge in [-0.1, -0.05) is 6.07 Å². The fourth-order valence-corrected chi connectivity index (χ4v) is 5.89. The van der Waals surface area contributed by atoms with Crippen LogP contribution in [0.2, 0.25) is 0 Å². The Morgan fingerprint density at radius 1 is 1.19 bits per heavy atom. The molecule has 2 atom stereocenters. The smallest absolute Gasteiger partial charge is 0.368 e. The number of fused-ring (bicyclic) bond motifs is 1. The Hall–Kier alpha value is -3.38. The minimum absolute atomic E-state index is 0.0611. The molecular weight excluding hydrogens is 477 g/mol. The number of rotatable bonds is 6. The van der Waals surface area contributed by atoms with E-state index < -0.39 is 5.82 Å². The van der Waals surface area contributed by atoms with Crippen LogP contribution in [0.5, 0.6) is 0 Å². The number of nitrogens with zero attached hydrogens (tertiary/aromatic N) is 7. The molecule has 3 aromatic rings. The molecule has 0 aliphatic carbocycles. The lowest BCUT2D eigenvalue weighted by molar-refractivity contribution is -0.0309. The maximum absolute atomic E-state index is 14.7. The normalized spacial score (nSPS) is 23.5. The van der Waals surface area contributed by atoms with Crippen LogP contribution in [0.25, 0.3) is 5.69 Å². The van der Waals surface area contributed by atoms with Crippen molar-refractivity contribution in [1.82, 2.24) is 34.7 Å². The number of benzene rings is 1. The van der Waals surface area contributed by atoms with Gasteiger partial charge in [0.2, 0.25) is 5.95 Å². The van der Waals surface area contributed by atoms with Crippen molar-refractivity contribution in [3.63, 3.8) is 0 Å². The minimum Gasteiger partial charge on any atom is -0.377 e. The number of hydrogen-bond donors (Lipinski definition) is 2. The quantitative estimate of drug-likeness (QED) is 0.518. The Labute approximate surface area is 214 Å². The number of hydrogen-bond acceptors (Lipinski definition) is 9. The first-order chi connectivity index (χ1) is 17.8. The van der Waals surface area contributed by atoms with Crippen LogP contribution in [-0.4, -0.2) is 72.0 Å². The van der Waals surface area contributed by atoms with Crippen LogP contribution in [-0.2, 0) is 4.74 Å². The van der Waals surface area contributed by atoms with Crippen molar-refractivity contribution < 1.29 is 9.13 Å². The van der Waals surface area contributed by atoms with Gasteiger partial charge in [0.25, 0.3) is 0 Å². The summed E-state index contributed by atoms with van der Waals surface area (Å²) in [7, 11) is 0. The monoisotopic (exact) mass is 509 g/mol. The molecule has 0 unspecified atom stereocenters. The molecule has 0 amide bonds. The topological polar surface area (TPSA) is 115 Å². The third kappa shape index (κ3) is 4.48. The second kappa shape index (κ2) is 9.18. The van der Waals surface area contributed by atoms with Crippen LogP contribution in [0.3, 0.4) is 0 Å². The van der Waals surface area contributed by atoms with E-state index in [9.17, 15) is 9.18 Å². The predicted octanol–water partition coefficient (Wildman–Crippen LogP) is 2.80. The van der Waals surface area contributed by atoms with E-state index in [1.165, 1.54) is 28.4 Å². The standard InChI is InChI=1S/C25H32FN9O2/c1-15-6-7-16(10-21(15)35-24(36)34(31-32-35)19-13-37-14-19)29-23-27-12-20(26)22(30-23)28-17-9-18-5-4-8-33(18)25(2,3)11-17/h6-7,10,12,17-19H,4-5,8-9,11,13-14H2,1-3H3,(H2,27,28,29,30)/t17-,18-/m1/s1. The highest BCUT2D eigenvalue weighted by Crippen LogP contribution is 2.38. The van der Waals surface area contributed by atoms with Crippen molar-refractivity contribution in [3.8, 4) is 5.69 Å². The van der Waals surface area contributed by atoms with Crippen molar-refractivity contribution in [1.29, 1.82) is 0 Å². The number of halogens is 1. The zero-order valence-corrected chi connectivity index (χ0v) is 21.3. The Kier molecular flexibility index (Phi) is 5.95. The Morgan fingerprint density at radius 3 is 2.81 bits per heavy atom. The molecule has 0 saturated carbocycles. The highest BCUT2D eigenvalue weighted by molar-refractivity contribution is 5.60. The predicted molar refractivity (Wildman–Crippen MR) is 136 cm³/mol. The first-order valence-corrected chi connectivity index (χ1v) is 12.8. The van der Waals surface area contributed by atoms with Crippen molar-refractivity contribution in [2.24, 2.45) is 0 Å². The van der Waals surface area contributed by atoms with Crippen LogP contribution in [0.1, 0.15) is 51.1 Å². The summed E-state index contributed by atoms with van der Waals surface area (Å²) in [5.74, 6) is -0.0252. The van der Waals surface area contributed by atoms with Crippen LogP contribution in [0.15, 0.2) is 29.2 Å². The summed E-state index contributed by atoms with van der Waals surface area (Å²) in [6.07, 6.45) is 5.46. The van der Waals surface area contributed by atoms with Crippen LogP contribution in [0, 0.1) is 12.7 Å². The van der Waals surface area contributed by atoms with E-state index in [0.29, 0.717) is 30.6 Å². The SMILES string of the molecule is Cc1ccc(Nc2ncc(F)c(N[C@@H]3C[C@H]4CCCN4C(C)(C)C3)n2)cc1-n1nnn(C2COC2)c1=O. The molecule has 2 aromatic heterocycles. The summed E-state index contributed by atoms with van der Waals surface area (Å²) < 4.78 is 22.5. The van der Waals surface area contributed by atoms with E-state index in [4.69, 9.17) is 4.74 Å². The van der Waals surface area contributed by atoms with E-state index in [1.54, 1.807) is 6.07 Å². The highest BCUT2D eigenvalue weighted by Gasteiger charge is 2.43. The van der Waals surface area contributed by atoms with Gasteiger partial charge in [-0.2, -0.15) is 14.3 Å². The second-order valence-corrected chi connectivity index (χ2v) is 10.9. The molecule has 0 bridgehead atoms. The Morgan fingerprint density at radius 2 is 2.03 bits per heavy atom. The van der Waals surface area contributed by atoms with Gasteiger partial charge < -0.3 is 15.4 Å². The first kappa shape index (κ1) is 24.0. The molecule has 3 fully saturated rings. The minimum atomic E-state index is -0.482. The number of piperidine rings is 1. The fraction of sp³-hybridized carbons (Fsp3) is 0.560. The summed E-state index contributed by atoms with van der Waals surface area (Å²) in [5.41, 5.74) is 1.83. The molecule has 37 heavy (non-hydrogen) atoms. The van der Waals surface area contributed by atoms with Crippen LogP contribution in [0.4, 0.5) is 21.8 Å². The third-order valence-corrected chi connectivity index (χ3v) is 7.80. The van der Waals surface area contributed by atoms with Gasteiger partial charge in [-0.15, -0.1) is 0 Å². The van der Waals surface area contributed by atoms with E-state index in [-0.39, 0.29) is 35.1 Å². The van der Waals surface area contributed by atoms with Gasteiger partial charge in [0.15, 0.2) is 11.6 Å². The van der Waals surface area contributed by atoms with Gasteiger partial charge in [0.1, 0.15) is 6.04 Å². The maximum atomic E-state index is 14.7. The van der Waals surface area contributed by atoms with Gasteiger partial charge in [-0.25, -0.2) is 14.2 Å². The summed E-state index contributed by atoms with van der Waals surface area (Å²) in [6, 6.07) is 6.07. The van der Waals surface area contributed by atoms with Gasteiger partial charge in [-0.3, -0.25) is 4.90 Å². The first-order valence-electron chi connectivity index (χ1n) is 12.8. The Bertz CT molecular complexity index is 1370. The lowest BCUT2D eigenvalue weighted by atomic mass is 9.84. The molecule has 3 aliphatic rings. The largest absolute Gasteiger partial charge is 0.377 e. The molecule has 0 radical (unpaired) electrons. The molecule has 6 rings (SSSR count).